The van der Waals surface area contributed by atoms with Crippen LogP contribution in [-0.2, 0) is 9.59 Å². The summed E-state index contributed by atoms with van der Waals surface area (Å²) in [6.45, 7) is 9.76. The van der Waals surface area contributed by atoms with Gasteiger partial charge in [-0.05, 0) is 64.7 Å². The summed E-state index contributed by atoms with van der Waals surface area (Å²) >= 11 is 0. The minimum absolute atomic E-state index is 0.0883. The second-order valence-electron chi connectivity index (χ2n) is 11.8. The fraction of sp³-hybridized carbons (Fsp3) is 0.593. The van der Waals surface area contributed by atoms with E-state index in [0.717, 1.165) is 62.6 Å². The molecule has 1 aliphatic carbocycles. The number of piperazine rings is 1. The predicted octanol–water partition coefficient (Wildman–Crippen LogP) is 1.91. The molecule has 1 atom stereocenters. The van der Waals surface area contributed by atoms with E-state index in [1.54, 1.807) is 17.0 Å². The normalized spacial score (nSPS) is 23.4. The Bertz CT molecular complexity index is 1190. The monoisotopic (exact) mass is 525 g/mol. The maximum atomic E-state index is 13.1. The Kier molecular flexibility index (Phi) is 6.45. The maximum Gasteiger partial charge on any atom is 0.408 e. The molecule has 11 heteroatoms. The zero-order chi connectivity index (χ0) is 27.4. The zero-order valence-electron chi connectivity index (χ0n) is 22.2. The summed E-state index contributed by atoms with van der Waals surface area (Å²) in [4.78, 5) is 69.0. The van der Waals surface area contributed by atoms with Gasteiger partial charge in [0.2, 0.25) is 11.8 Å². The fourth-order valence-corrected chi connectivity index (χ4v) is 6.18. The summed E-state index contributed by atoms with van der Waals surface area (Å²) in [6.07, 6.45) is 1.96. The molecule has 5 amide bonds. The van der Waals surface area contributed by atoms with Crippen molar-refractivity contribution in [1.29, 1.82) is 0 Å². The smallest absolute Gasteiger partial charge is 0.408 e. The average molecular weight is 526 g/mol. The molecule has 4 aliphatic rings. The number of amides is 5. The summed E-state index contributed by atoms with van der Waals surface area (Å²) in [7, 11) is 0. The highest BCUT2D eigenvalue weighted by Crippen LogP contribution is 2.48. The van der Waals surface area contributed by atoms with Crippen LogP contribution < -0.4 is 10.2 Å². The summed E-state index contributed by atoms with van der Waals surface area (Å²) < 4.78 is 0. The summed E-state index contributed by atoms with van der Waals surface area (Å²) in [5.41, 5.74) is 0.687. The molecule has 2 saturated heterocycles. The van der Waals surface area contributed by atoms with E-state index in [9.17, 15) is 29.1 Å². The molecular weight excluding hydrogens is 490 g/mol. The first kappa shape index (κ1) is 26.1. The lowest BCUT2D eigenvalue weighted by atomic mass is 9.99. The molecule has 1 aromatic rings. The fourth-order valence-electron chi connectivity index (χ4n) is 6.18. The van der Waals surface area contributed by atoms with Gasteiger partial charge in [-0.1, -0.05) is 0 Å². The van der Waals surface area contributed by atoms with Gasteiger partial charge >= 0.3 is 6.09 Å². The van der Waals surface area contributed by atoms with Crippen LogP contribution in [0.15, 0.2) is 18.2 Å². The Labute approximate surface area is 221 Å². The number of nitrogens with one attached hydrogen (secondary N) is 1. The van der Waals surface area contributed by atoms with E-state index in [2.05, 4.69) is 15.1 Å². The molecule has 204 valence electrons. The van der Waals surface area contributed by atoms with Crippen LogP contribution in [0.1, 0.15) is 73.6 Å². The van der Waals surface area contributed by atoms with Crippen molar-refractivity contribution in [2.24, 2.45) is 0 Å². The Morgan fingerprint density at radius 1 is 1.05 bits per heavy atom. The lowest BCUT2D eigenvalue weighted by Crippen LogP contribution is -2.54. The quantitative estimate of drug-likeness (QED) is 0.539. The first-order chi connectivity index (χ1) is 17.9. The Morgan fingerprint density at radius 2 is 1.71 bits per heavy atom. The molecule has 0 spiro atoms. The van der Waals surface area contributed by atoms with E-state index in [-0.39, 0.29) is 29.5 Å². The van der Waals surface area contributed by atoms with Crippen LogP contribution in [-0.4, -0.2) is 99.4 Å². The number of anilines is 1. The van der Waals surface area contributed by atoms with Crippen LogP contribution in [0.2, 0.25) is 0 Å². The highest BCUT2D eigenvalue weighted by atomic mass is 16.4. The van der Waals surface area contributed by atoms with Crippen molar-refractivity contribution < 1.29 is 29.1 Å². The largest absolute Gasteiger partial charge is 0.465 e. The average Bonchev–Trinajstić information content (AvgIpc) is 3.57. The third kappa shape index (κ3) is 4.63. The van der Waals surface area contributed by atoms with Crippen LogP contribution in [0.4, 0.5) is 10.5 Å². The van der Waals surface area contributed by atoms with Gasteiger partial charge in [-0.25, -0.2) is 4.79 Å². The van der Waals surface area contributed by atoms with Gasteiger partial charge in [-0.2, -0.15) is 0 Å². The summed E-state index contributed by atoms with van der Waals surface area (Å²) in [5, 5.41) is 12.0. The number of imide groups is 2. The van der Waals surface area contributed by atoms with E-state index in [4.69, 9.17) is 0 Å². The highest BCUT2D eigenvalue weighted by molar-refractivity contribution is 6.23. The van der Waals surface area contributed by atoms with E-state index in [0.29, 0.717) is 0 Å². The maximum absolute atomic E-state index is 13.1. The van der Waals surface area contributed by atoms with Crippen molar-refractivity contribution in [1.82, 2.24) is 20.0 Å². The third-order valence-corrected chi connectivity index (χ3v) is 8.22. The molecule has 38 heavy (non-hydrogen) atoms. The van der Waals surface area contributed by atoms with Gasteiger partial charge in [0.25, 0.3) is 11.8 Å². The van der Waals surface area contributed by atoms with E-state index < -0.39 is 41.3 Å². The number of hydrogen-bond donors (Lipinski definition) is 2. The Morgan fingerprint density at radius 3 is 2.29 bits per heavy atom. The number of nitrogens with zero attached hydrogens (tertiary/aromatic N) is 4. The van der Waals surface area contributed by atoms with Gasteiger partial charge in [-0.15, -0.1) is 0 Å². The predicted molar refractivity (Wildman–Crippen MR) is 138 cm³/mol. The van der Waals surface area contributed by atoms with Crippen LogP contribution >= 0.6 is 0 Å². The zero-order valence-corrected chi connectivity index (χ0v) is 22.2. The van der Waals surface area contributed by atoms with Crippen molar-refractivity contribution in [3.8, 4) is 0 Å². The van der Waals surface area contributed by atoms with Crippen molar-refractivity contribution in [3.63, 3.8) is 0 Å². The lowest BCUT2D eigenvalue weighted by molar-refractivity contribution is -0.136. The first-order valence-electron chi connectivity index (χ1n) is 13.3. The van der Waals surface area contributed by atoms with E-state index in [1.165, 1.54) is 0 Å². The second kappa shape index (κ2) is 9.37. The number of hydrogen-bond acceptors (Lipinski definition) is 7. The molecule has 1 unspecified atom stereocenters. The van der Waals surface area contributed by atoms with Gasteiger partial charge in [0.1, 0.15) is 6.04 Å². The van der Waals surface area contributed by atoms with E-state index in [1.807, 2.05) is 26.8 Å². The SMILES string of the molecule is CC(C)(C)N(C(=O)O)C1(CCN2CCN(c3ccc4c(c3)C(=O)N(C3CCC(=O)NC3=O)C4=O)CC2)CC1. The van der Waals surface area contributed by atoms with Crippen molar-refractivity contribution in [3.05, 3.63) is 29.3 Å². The minimum atomic E-state index is -0.975. The van der Waals surface area contributed by atoms with Crippen LogP contribution in [0, 0.1) is 0 Å². The summed E-state index contributed by atoms with van der Waals surface area (Å²) in [6, 6.07) is 4.23. The Hall–Kier alpha value is -3.47. The second-order valence-corrected chi connectivity index (χ2v) is 11.8. The molecule has 11 nitrogen and oxygen atoms in total. The lowest BCUT2D eigenvalue weighted by Gasteiger charge is -2.42. The van der Waals surface area contributed by atoms with Crippen molar-refractivity contribution in [2.75, 3.05) is 37.6 Å². The molecule has 3 aliphatic heterocycles. The van der Waals surface area contributed by atoms with Gasteiger partial charge in [0, 0.05) is 55.9 Å². The van der Waals surface area contributed by atoms with Crippen LogP contribution in [0.5, 0.6) is 0 Å². The number of carbonyl (C=O) groups is 5. The molecule has 0 bridgehead atoms. The Balaban J connectivity index is 1.20. The van der Waals surface area contributed by atoms with E-state index >= 15 is 0 Å². The molecule has 1 aromatic carbocycles. The van der Waals surface area contributed by atoms with Crippen LogP contribution in [0.3, 0.4) is 0 Å². The number of carbonyl (C=O) groups excluding carboxylic acids is 4. The third-order valence-electron chi connectivity index (χ3n) is 8.22. The van der Waals surface area contributed by atoms with Gasteiger partial charge in [0.05, 0.1) is 11.1 Å². The number of carboxylic acid groups (broad SMARTS) is 1. The van der Waals surface area contributed by atoms with Crippen molar-refractivity contribution in [2.45, 2.75) is 70.0 Å². The molecule has 5 rings (SSSR count). The molecule has 2 N–H and O–H groups in total. The standard InChI is InChI=1S/C27H35N5O6/c1-26(2,3)32(25(37)38)27(8-9-27)10-11-29-12-14-30(15-13-29)17-4-5-18-19(16-17)24(36)31(23(18)35)20-6-7-21(33)28-22(20)34/h4-5,16,20H,6-15H2,1-3H3,(H,37,38)(H,28,33,34). The highest BCUT2D eigenvalue weighted by Gasteiger charge is 2.53. The first-order valence-corrected chi connectivity index (χ1v) is 13.3. The molecular formula is C27H35N5O6. The molecule has 3 heterocycles. The van der Waals surface area contributed by atoms with Crippen molar-refractivity contribution >= 4 is 35.4 Å². The molecule has 0 aromatic heterocycles. The van der Waals surface area contributed by atoms with Gasteiger partial charge < -0.3 is 10.0 Å². The van der Waals surface area contributed by atoms with Gasteiger partial charge in [0.15, 0.2) is 0 Å². The molecule has 3 fully saturated rings. The summed E-state index contributed by atoms with van der Waals surface area (Å²) in [5.74, 6) is -2.02. The molecule has 0 radical (unpaired) electrons. The van der Waals surface area contributed by atoms with Gasteiger partial charge in [-0.3, -0.25) is 39.2 Å². The van der Waals surface area contributed by atoms with Crippen LogP contribution in [0.25, 0.3) is 0 Å². The number of fused-ring (bicyclic) bond motifs is 1. The minimum Gasteiger partial charge on any atom is -0.465 e. The molecule has 1 saturated carbocycles. The number of piperidine rings is 1. The number of rotatable bonds is 6. The topological polar surface area (TPSA) is 131 Å². The number of benzene rings is 1.